The lowest BCUT2D eigenvalue weighted by atomic mass is 10.2. The lowest BCUT2D eigenvalue weighted by Crippen LogP contribution is -2.29. The van der Waals surface area contributed by atoms with Gasteiger partial charge in [0.05, 0.1) is 28.7 Å². The molecule has 0 bridgehead atoms. The summed E-state index contributed by atoms with van der Waals surface area (Å²) in [5.41, 5.74) is 2.64. The molecule has 2 aromatic heterocycles. The first kappa shape index (κ1) is 22.2. The van der Waals surface area contributed by atoms with E-state index in [-0.39, 0.29) is 17.3 Å². The van der Waals surface area contributed by atoms with Gasteiger partial charge >= 0.3 is 0 Å². The first-order chi connectivity index (χ1) is 16.0. The van der Waals surface area contributed by atoms with Crippen molar-refractivity contribution in [2.24, 2.45) is 0 Å². The molecule has 0 saturated carbocycles. The predicted octanol–water partition coefficient (Wildman–Crippen LogP) is 3.37. The summed E-state index contributed by atoms with van der Waals surface area (Å²) in [6.45, 7) is 2.53. The van der Waals surface area contributed by atoms with Crippen LogP contribution < -0.4 is 16.2 Å². The molecule has 33 heavy (non-hydrogen) atoms. The molecule has 4 aromatic rings. The number of para-hydroxylation sites is 2. The molecule has 8 heteroatoms. The lowest BCUT2D eigenvalue weighted by Gasteiger charge is -2.14. The molecular formula is C25H24FN5O2. The Morgan fingerprint density at radius 2 is 1.76 bits per heavy atom. The maximum Gasteiger partial charge on any atom is 0.255 e. The number of aromatic nitrogens is 3. The molecule has 0 fully saturated rings. The third kappa shape index (κ3) is 4.75. The minimum absolute atomic E-state index is 0.0872. The third-order valence-corrected chi connectivity index (χ3v) is 5.29. The molecule has 2 heterocycles. The Labute approximate surface area is 190 Å². The number of benzene rings is 2. The second kappa shape index (κ2) is 9.62. The molecule has 0 aliphatic rings. The second-order valence-electron chi connectivity index (χ2n) is 7.62. The van der Waals surface area contributed by atoms with Crippen LogP contribution in [0.15, 0.2) is 83.9 Å². The zero-order valence-corrected chi connectivity index (χ0v) is 18.3. The van der Waals surface area contributed by atoms with Crippen molar-refractivity contribution in [3.8, 4) is 11.4 Å². The van der Waals surface area contributed by atoms with Crippen LogP contribution in [0.4, 0.5) is 4.39 Å². The van der Waals surface area contributed by atoms with E-state index in [2.05, 4.69) is 15.7 Å². The number of amides is 1. The number of pyridine rings is 1. The molecule has 0 unspecified atom stereocenters. The summed E-state index contributed by atoms with van der Waals surface area (Å²) >= 11 is 0. The van der Waals surface area contributed by atoms with E-state index in [4.69, 9.17) is 0 Å². The predicted molar refractivity (Wildman–Crippen MR) is 124 cm³/mol. The highest BCUT2D eigenvalue weighted by Gasteiger charge is 2.16. The fraction of sp³-hybridized carbons (Fsp3) is 0.160. The molecule has 2 N–H and O–H groups in total. The Balaban J connectivity index is 1.54. The topological polar surface area (TPSA) is 81.0 Å². The van der Waals surface area contributed by atoms with Crippen LogP contribution in [-0.4, -0.2) is 27.3 Å². The van der Waals surface area contributed by atoms with Crippen molar-refractivity contribution < 1.29 is 9.18 Å². The van der Waals surface area contributed by atoms with Gasteiger partial charge in [0.2, 0.25) is 0 Å². The van der Waals surface area contributed by atoms with Crippen LogP contribution in [0, 0.1) is 5.82 Å². The summed E-state index contributed by atoms with van der Waals surface area (Å²) in [7, 11) is 1.89. The summed E-state index contributed by atoms with van der Waals surface area (Å²) in [4.78, 5) is 25.1. The van der Waals surface area contributed by atoms with Gasteiger partial charge in [-0.15, -0.1) is 0 Å². The monoisotopic (exact) mass is 445 g/mol. The molecule has 7 nitrogen and oxygen atoms in total. The highest BCUT2D eigenvalue weighted by molar-refractivity contribution is 5.94. The van der Waals surface area contributed by atoms with E-state index in [1.165, 1.54) is 30.5 Å². The van der Waals surface area contributed by atoms with E-state index in [1.54, 1.807) is 16.8 Å². The average molecular weight is 445 g/mol. The molecule has 0 spiro atoms. The van der Waals surface area contributed by atoms with Crippen molar-refractivity contribution in [3.05, 3.63) is 112 Å². The van der Waals surface area contributed by atoms with Crippen LogP contribution in [0.2, 0.25) is 0 Å². The Morgan fingerprint density at radius 3 is 2.52 bits per heavy atom. The third-order valence-electron chi connectivity index (χ3n) is 5.29. The van der Waals surface area contributed by atoms with E-state index in [1.807, 2.05) is 50.5 Å². The van der Waals surface area contributed by atoms with Gasteiger partial charge < -0.3 is 10.6 Å². The van der Waals surface area contributed by atoms with E-state index in [0.717, 1.165) is 15.8 Å². The number of hydrogen-bond acceptors (Lipinski definition) is 4. The van der Waals surface area contributed by atoms with Crippen LogP contribution >= 0.6 is 0 Å². The summed E-state index contributed by atoms with van der Waals surface area (Å²) in [5, 5.41) is 10.7. The number of halogens is 1. The minimum Gasteiger partial charge on any atom is -0.344 e. The van der Waals surface area contributed by atoms with Gasteiger partial charge in [-0.3, -0.25) is 14.2 Å². The molecule has 168 valence electrons. The number of carbonyl (C=O) groups excluding carboxylic acids is 1. The van der Waals surface area contributed by atoms with Gasteiger partial charge in [-0.05, 0) is 49.9 Å². The molecule has 0 aliphatic carbocycles. The van der Waals surface area contributed by atoms with E-state index in [0.29, 0.717) is 12.2 Å². The smallest absolute Gasteiger partial charge is 0.255 e. The van der Waals surface area contributed by atoms with Crippen molar-refractivity contribution >= 4 is 5.91 Å². The standard InChI is InChI=1S/C25H24FN5O2/c1-17(21-13-14-31(29-21)22-9-5-3-7-18(22)15-27-2)28-25(33)19-11-12-24(32)30(16-19)23-10-6-4-8-20(23)26/h3-14,16-17,27H,15H2,1-2H3,(H,28,33)/t17-/m1/s1. The Bertz CT molecular complexity index is 1340. The number of hydrogen-bond donors (Lipinski definition) is 2. The van der Waals surface area contributed by atoms with Crippen molar-refractivity contribution in [1.82, 2.24) is 25.0 Å². The highest BCUT2D eigenvalue weighted by atomic mass is 19.1. The molecule has 0 aliphatic heterocycles. The summed E-state index contributed by atoms with van der Waals surface area (Å²) in [6, 6.07) is 18.0. The van der Waals surface area contributed by atoms with Gasteiger partial charge in [0.1, 0.15) is 5.82 Å². The lowest BCUT2D eigenvalue weighted by molar-refractivity contribution is 0.0938. The number of nitrogens with one attached hydrogen (secondary N) is 2. The second-order valence-corrected chi connectivity index (χ2v) is 7.62. The first-order valence-corrected chi connectivity index (χ1v) is 10.5. The van der Waals surface area contributed by atoms with Crippen LogP contribution in [0.1, 0.15) is 34.6 Å². The van der Waals surface area contributed by atoms with Crippen LogP contribution in [0.5, 0.6) is 0 Å². The number of nitrogens with zero attached hydrogens (tertiary/aromatic N) is 3. The fourth-order valence-electron chi connectivity index (χ4n) is 3.59. The summed E-state index contributed by atoms with van der Waals surface area (Å²) < 4.78 is 17.1. The van der Waals surface area contributed by atoms with Crippen molar-refractivity contribution in [2.45, 2.75) is 19.5 Å². The van der Waals surface area contributed by atoms with Gasteiger partial charge in [-0.1, -0.05) is 30.3 Å². The molecule has 1 amide bonds. The van der Waals surface area contributed by atoms with Gasteiger partial charge in [0.15, 0.2) is 0 Å². The van der Waals surface area contributed by atoms with Gasteiger partial charge in [-0.2, -0.15) is 5.10 Å². The molecule has 1 atom stereocenters. The normalized spacial score (nSPS) is 11.8. The van der Waals surface area contributed by atoms with Crippen molar-refractivity contribution in [2.75, 3.05) is 7.05 Å². The average Bonchev–Trinajstić information content (AvgIpc) is 3.31. The SMILES string of the molecule is CNCc1ccccc1-n1ccc([C@@H](C)NC(=O)c2ccc(=O)n(-c3ccccc3F)c2)n1. The van der Waals surface area contributed by atoms with E-state index < -0.39 is 17.3 Å². The largest absolute Gasteiger partial charge is 0.344 e. The zero-order valence-electron chi connectivity index (χ0n) is 18.3. The van der Waals surface area contributed by atoms with E-state index in [9.17, 15) is 14.0 Å². The maximum absolute atomic E-state index is 14.2. The van der Waals surface area contributed by atoms with Gasteiger partial charge in [-0.25, -0.2) is 9.07 Å². The fourth-order valence-corrected chi connectivity index (χ4v) is 3.59. The van der Waals surface area contributed by atoms with Crippen LogP contribution in [0.3, 0.4) is 0 Å². The quantitative estimate of drug-likeness (QED) is 0.457. The Hall–Kier alpha value is -4.04. The molecule has 4 rings (SSSR count). The van der Waals surface area contributed by atoms with Gasteiger partial charge in [0, 0.05) is 25.0 Å². The molecule has 0 saturated heterocycles. The van der Waals surface area contributed by atoms with Gasteiger partial charge in [0.25, 0.3) is 11.5 Å². The Morgan fingerprint density at radius 1 is 1.03 bits per heavy atom. The zero-order chi connectivity index (χ0) is 23.4. The van der Waals surface area contributed by atoms with Crippen LogP contribution in [-0.2, 0) is 6.54 Å². The van der Waals surface area contributed by atoms with Crippen molar-refractivity contribution in [1.29, 1.82) is 0 Å². The van der Waals surface area contributed by atoms with E-state index >= 15 is 0 Å². The molecule has 0 radical (unpaired) electrons. The number of carbonyl (C=O) groups is 1. The van der Waals surface area contributed by atoms with Crippen molar-refractivity contribution in [3.63, 3.8) is 0 Å². The number of rotatable bonds is 7. The minimum atomic E-state index is -0.547. The molecular weight excluding hydrogens is 421 g/mol. The first-order valence-electron chi connectivity index (χ1n) is 10.5. The maximum atomic E-state index is 14.2. The summed E-state index contributed by atoms with van der Waals surface area (Å²) in [6.07, 6.45) is 3.19. The highest BCUT2D eigenvalue weighted by Crippen LogP contribution is 2.17. The molecule has 2 aromatic carbocycles. The van der Waals surface area contributed by atoms with Crippen LogP contribution in [0.25, 0.3) is 11.4 Å². The Kier molecular flexibility index (Phi) is 6.46. The summed E-state index contributed by atoms with van der Waals surface area (Å²) in [5.74, 6) is -0.938.